The number of nitrogens with one attached hydrogen (secondary N) is 1. The number of allylic oxidation sites excluding steroid dienone is 6. The van der Waals surface area contributed by atoms with Crippen LogP contribution in [-0.4, -0.2) is 6.04 Å². The average Bonchev–Trinajstić information content (AvgIpc) is 2.62. The first-order valence-corrected chi connectivity index (χ1v) is 8.43. The molecule has 0 fully saturated rings. The summed E-state index contributed by atoms with van der Waals surface area (Å²) in [5.41, 5.74) is 5.40. The lowest BCUT2D eigenvalue weighted by atomic mass is 9.82. The van der Waals surface area contributed by atoms with Crippen LogP contribution >= 0.6 is 0 Å². The molecule has 0 spiro atoms. The average molecular weight is 303 g/mol. The normalized spacial score (nSPS) is 23.3. The maximum Gasteiger partial charge on any atom is 0.0664 e. The molecule has 2 aliphatic rings. The Hall–Kier alpha value is -2.28. The molecule has 0 saturated carbocycles. The molecule has 1 N–H and O–H groups in total. The molecule has 1 heterocycles. The van der Waals surface area contributed by atoms with Crippen LogP contribution in [0.25, 0.3) is 5.57 Å². The Balaban J connectivity index is 1.89. The summed E-state index contributed by atoms with van der Waals surface area (Å²) in [6.07, 6.45) is 16.1. The van der Waals surface area contributed by atoms with Gasteiger partial charge in [-0.15, -0.1) is 6.58 Å². The first-order valence-electron chi connectivity index (χ1n) is 8.43. The van der Waals surface area contributed by atoms with Gasteiger partial charge in [0.1, 0.15) is 0 Å². The Morgan fingerprint density at radius 3 is 2.57 bits per heavy atom. The molecule has 23 heavy (non-hydrogen) atoms. The van der Waals surface area contributed by atoms with Crippen LogP contribution < -0.4 is 5.32 Å². The van der Waals surface area contributed by atoms with Crippen LogP contribution in [0.1, 0.15) is 37.3 Å². The highest BCUT2D eigenvalue weighted by molar-refractivity contribution is 5.76. The first-order chi connectivity index (χ1) is 11.2. The third-order valence-electron chi connectivity index (χ3n) is 4.68. The number of hydrogen-bond donors (Lipinski definition) is 1. The minimum absolute atomic E-state index is 0.265. The van der Waals surface area contributed by atoms with Crippen molar-refractivity contribution >= 4 is 5.57 Å². The van der Waals surface area contributed by atoms with E-state index < -0.39 is 0 Å². The number of rotatable bonds is 4. The van der Waals surface area contributed by atoms with E-state index in [-0.39, 0.29) is 6.04 Å². The van der Waals surface area contributed by atoms with E-state index in [9.17, 15) is 0 Å². The van der Waals surface area contributed by atoms with E-state index in [1.165, 1.54) is 22.3 Å². The Bertz CT molecular complexity index is 683. The van der Waals surface area contributed by atoms with Gasteiger partial charge in [-0.05, 0) is 46.9 Å². The maximum atomic E-state index is 4.02. The van der Waals surface area contributed by atoms with Gasteiger partial charge < -0.3 is 5.32 Å². The largest absolute Gasteiger partial charge is 0.381 e. The van der Waals surface area contributed by atoms with E-state index in [0.717, 1.165) is 6.42 Å². The third kappa shape index (κ3) is 3.39. The molecule has 0 amide bonds. The summed E-state index contributed by atoms with van der Waals surface area (Å²) in [6.45, 7) is 8.48. The summed E-state index contributed by atoms with van der Waals surface area (Å²) >= 11 is 0. The van der Waals surface area contributed by atoms with Crippen molar-refractivity contribution in [2.75, 3.05) is 0 Å². The zero-order valence-electron chi connectivity index (χ0n) is 14.0. The van der Waals surface area contributed by atoms with Crippen molar-refractivity contribution in [1.29, 1.82) is 0 Å². The fourth-order valence-electron chi connectivity index (χ4n) is 3.20. The van der Waals surface area contributed by atoms with Crippen molar-refractivity contribution < 1.29 is 0 Å². The minimum Gasteiger partial charge on any atom is -0.381 e. The highest BCUT2D eigenvalue weighted by Crippen LogP contribution is 2.33. The molecule has 0 bridgehead atoms. The summed E-state index contributed by atoms with van der Waals surface area (Å²) in [5.74, 6) is 0.978. The van der Waals surface area contributed by atoms with E-state index in [2.05, 4.69) is 80.4 Å². The fraction of sp³-hybridized carbons (Fsp3) is 0.273. The van der Waals surface area contributed by atoms with E-state index in [1.54, 1.807) is 0 Å². The Morgan fingerprint density at radius 2 is 1.96 bits per heavy atom. The lowest BCUT2D eigenvalue weighted by Crippen LogP contribution is -2.29. The summed E-state index contributed by atoms with van der Waals surface area (Å²) in [6, 6.07) is 9.24. The summed E-state index contributed by atoms with van der Waals surface area (Å²) in [5, 5.41) is 3.44. The highest BCUT2D eigenvalue weighted by atomic mass is 14.9. The van der Waals surface area contributed by atoms with Gasteiger partial charge in [-0.3, -0.25) is 0 Å². The van der Waals surface area contributed by atoms with Crippen LogP contribution in [0.2, 0.25) is 0 Å². The second-order valence-corrected chi connectivity index (χ2v) is 6.55. The Labute approximate surface area is 139 Å². The van der Waals surface area contributed by atoms with Gasteiger partial charge in [-0.2, -0.15) is 0 Å². The quantitative estimate of drug-likeness (QED) is 0.738. The molecule has 2 unspecified atom stereocenters. The van der Waals surface area contributed by atoms with Crippen molar-refractivity contribution in [3.8, 4) is 0 Å². The Morgan fingerprint density at radius 1 is 1.17 bits per heavy atom. The molecule has 0 saturated heterocycles. The van der Waals surface area contributed by atoms with Gasteiger partial charge >= 0.3 is 0 Å². The molecule has 0 aromatic heterocycles. The predicted octanol–water partition coefficient (Wildman–Crippen LogP) is 5.37. The van der Waals surface area contributed by atoms with Gasteiger partial charge in [0, 0.05) is 5.92 Å². The van der Waals surface area contributed by atoms with Gasteiger partial charge in [0.15, 0.2) is 0 Å². The van der Waals surface area contributed by atoms with E-state index >= 15 is 0 Å². The van der Waals surface area contributed by atoms with Gasteiger partial charge in [0.2, 0.25) is 0 Å². The van der Waals surface area contributed by atoms with Gasteiger partial charge in [0.05, 0.1) is 6.04 Å². The molecule has 1 aromatic rings. The molecule has 1 heteroatoms. The van der Waals surface area contributed by atoms with E-state index in [4.69, 9.17) is 0 Å². The smallest absolute Gasteiger partial charge is 0.0664 e. The van der Waals surface area contributed by atoms with Crippen molar-refractivity contribution in [3.05, 3.63) is 90.2 Å². The number of dihydropyridines is 1. The first kappa shape index (κ1) is 15.6. The second kappa shape index (κ2) is 6.87. The minimum atomic E-state index is 0.265. The maximum absolute atomic E-state index is 4.02. The second-order valence-electron chi connectivity index (χ2n) is 6.55. The molecule has 118 valence electrons. The fourth-order valence-corrected chi connectivity index (χ4v) is 3.20. The van der Waals surface area contributed by atoms with Crippen molar-refractivity contribution in [2.45, 2.75) is 32.2 Å². The van der Waals surface area contributed by atoms with Crippen molar-refractivity contribution in [1.82, 2.24) is 5.32 Å². The van der Waals surface area contributed by atoms with Crippen LogP contribution in [0.3, 0.4) is 0 Å². The third-order valence-corrected chi connectivity index (χ3v) is 4.68. The van der Waals surface area contributed by atoms with Crippen LogP contribution in [0, 0.1) is 5.92 Å². The summed E-state index contributed by atoms with van der Waals surface area (Å²) in [4.78, 5) is 0. The van der Waals surface area contributed by atoms with Crippen LogP contribution in [0.5, 0.6) is 0 Å². The molecule has 1 aliphatic heterocycles. The molecule has 2 atom stereocenters. The van der Waals surface area contributed by atoms with Gasteiger partial charge in [-0.25, -0.2) is 0 Å². The predicted molar refractivity (Wildman–Crippen MR) is 100 cm³/mol. The van der Waals surface area contributed by atoms with Crippen molar-refractivity contribution in [2.24, 2.45) is 5.92 Å². The van der Waals surface area contributed by atoms with Gasteiger partial charge in [-0.1, -0.05) is 68.5 Å². The van der Waals surface area contributed by atoms with Crippen LogP contribution in [-0.2, 0) is 0 Å². The van der Waals surface area contributed by atoms with Crippen LogP contribution in [0.4, 0.5) is 0 Å². The SMILES string of the molecule is C=CC1CC=C(c2ccc(C(C)C)cc2)C=C1C1C=CC=CN1. The topological polar surface area (TPSA) is 12.0 Å². The lowest BCUT2D eigenvalue weighted by Gasteiger charge is -2.28. The molecule has 1 nitrogen and oxygen atoms in total. The highest BCUT2D eigenvalue weighted by Gasteiger charge is 2.22. The number of hydrogen-bond acceptors (Lipinski definition) is 1. The molecule has 1 aromatic carbocycles. The zero-order valence-corrected chi connectivity index (χ0v) is 14.0. The van der Waals surface area contributed by atoms with E-state index in [1.807, 2.05) is 12.3 Å². The van der Waals surface area contributed by atoms with Crippen LogP contribution in [0.15, 0.2) is 79.1 Å². The summed E-state index contributed by atoms with van der Waals surface area (Å²) < 4.78 is 0. The number of benzene rings is 1. The van der Waals surface area contributed by atoms with Gasteiger partial charge in [0.25, 0.3) is 0 Å². The molecule has 3 rings (SSSR count). The lowest BCUT2D eigenvalue weighted by molar-refractivity contribution is 0.656. The molecular formula is C22H25N. The van der Waals surface area contributed by atoms with E-state index in [0.29, 0.717) is 11.8 Å². The molecular weight excluding hydrogens is 278 g/mol. The monoisotopic (exact) mass is 303 g/mol. The summed E-state index contributed by atoms with van der Waals surface area (Å²) in [7, 11) is 0. The van der Waals surface area contributed by atoms with Crippen molar-refractivity contribution in [3.63, 3.8) is 0 Å². The zero-order chi connectivity index (χ0) is 16.2. The molecule has 1 aliphatic carbocycles. The standard InChI is InChI=1S/C22H25N/c1-4-17-8-13-20(15-21(17)22-7-5-6-14-23-22)19-11-9-18(10-12-19)16(2)3/h4-7,9-17,22-23H,1,8H2,2-3H3. The Kier molecular flexibility index (Phi) is 4.66. The molecule has 0 radical (unpaired) electrons.